The summed E-state index contributed by atoms with van der Waals surface area (Å²) < 4.78 is 25.1. The highest BCUT2D eigenvalue weighted by molar-refractivity contribution is 7.92. The maximum atomic E-state index is 12.2. The Balaban J connectivity index is 2.11. The van der Waals surface area contributed by atoms with Crippen molar-refractivity contribution in [3.8, 4) is 0 Å². The Morgan fingerprint density at radius 1 is 1.08 bits per heavy atom. The van der Waals surface area contributed by atoms with Crippen LogP contribution in [0.1, 0.15) is 18.1 Å². The van der Waals surface area contributed by atoms with Gasteiger partial charge in [0.25, 0.3) is 5.91 Å². The smallest absolute Gasteiger partial charge is 0.260 e. The summed E-state index contributed by atoms with van der Waals surface area (Å²) >= 11 is 0. The fourth-order valence-electron chi connectivity index (χ4n) is 2.17. The van der Waals surface area contributed by atoms with E-state index in [1.807, 2.05) is 37.3 Å². The first-order valence-corrected chi connectivity index (χ1v) is 9.55. The monoisotopic (exact) mass is 359 g/mol. The molecule has 0 bridgehead atoms. The number of hydrogen-bond donors (Lipinski definition) is 1. The number of amides is 1. The highest BCUT2D eigenvalue weighted by atomic mass is 32.2. The molecule has 25 heavy (non-hydrogen) atoms. The van der Waals surface area contributed by atoms with Gasteiger partial charge in [-0.05, 0) is 31.5 Å². The third-order valence-corrected chi connectivity index (χ3v) is 4.69. The molecule has 0 saturated heterocycles. The van der Waals surface area contributed by atoms with E-state index in [1.54, 1.807) is 31.2 Å². The van der Waals surface area contributed by atoms with Crippen molar-refractivity contribution >= 4 is 27.3 Å². The van der Waals surface area contributed by atoms with E-state index in [-0.39, 0.29) is 6.54 Å². The molecule has 132 valence electrons. The van der Waals surface area contributed by atoms with Crippen LogP contribution in [0, 0.1) is 6.92 Å². The van der Waals surface area contributed by atoms with Gasteiger partial charge in [0, 0.05) is 0 Å². The summed E-state index contributed by atoms with van der Waals surface area (Å²) in [7, 11) is -3.59. The van der Waals surface area contributed by atoms with Crippen LogP contribution in [-0.2, 0) is 14.8 Å². The van der Waals surface area contributed by atoms with Crippen LogP contribution in [0.3, 0.4) is 0 Å². The van der Waals surface area contributed by atoms with Crippen LogP contribution in [-0.4, -0.2) is 32.8 Å². The lowest BCUT2D eigenvalue weighted by Gasteiger charge is -2.21. The summed E-state index contributed by atoms with van der Waals surface area (Å²) in [5, 5.41) is 4.03. The second-order valence-corrected chi connectivity index (χ2v) is 7.61. The summed E-state index contributed by atoms with van der Waals surface area (Å²) in [6.07, 6.45) is 1.07. The number of sulfonamides is 1. The predicted octanol–water partition coefficient (Wildman–Crippen LogP) is 2.30. The van der Waals surface area contributed by atoms with Gasteiger partial charge in [-0.2, -0.15) is 5.10 Å². The molecule has 2 aromatic carbocycles. The normalized spacial score (nSPS) is 11.9. The minimum atomic E-state index is -3.59. The number of nitrogens with zero attached hydrogens (tertiary/aromatic N) is 2. The summed E-state index contributed by atoms with van der Waals surface area (Å²) in [6.45, 7) is 3.33. The molecule has 0 aliphatic rings. The maximum absolute atomic E-state index is 12.2. The van der Waals surface area contributed by atoms with E-state index in [9.17, 15) is 13.2 Å². The Morgan fingerprint density at radius 3 is 2.24 bits per heavy atom. The first-order valence-electron chi connectivity index (χ1n) is 7.70. The standard InChI is InChI=1S/C18H21N3O3S/c1-14-9-11-17(12-10-14)21(25(3,23)24)13-18(22)20-19-15(2)16-7-5-4-6-8-16/h4-12H,13H2,1-3H3,(H,20,22)/b19-15-. The van der Waals surface area contributed by atoms with E-state index in [2.05, 4.69) is 10.5 Å². The molecule has 0 aliphatic carbocycles. The van der Waals surface area contributed by atoms with Crippen LogP contribution in [0.2, 0.25) is 0 Å². The van der Waals surface area contributed by atoms with Crippen molar-refractivity contribution < 1.29 is 13.2 Å². The van der Waals surface area contributed by atoms with Gasteiger partial charge in [-0.15, -0.1) is 0 Å². The Hall–Kier alpha value is -2.67. The Kier molecular flexibility index (Phi) is 5.93. The lowest BCUT2D eigenvalue weighted by Crippen LogP contribution is -2.39. The highest BCUT2D eigenvalue weighted by Crippen LogP contribution is 2.17. The van der Waals surface area contributed by atoms with Crippen molar-refractivity contribution in [1.29, 1.82) is 0 Å². The van der Waals surface area contributed by atoms with E-state index in [1.165, 1.54) is 0 Å². The number of anilines is 1. The van der Waals surface area contributed by atoms with Gasteiger partial charge in [0.1, 0.15) is 6.54 Å². The zero-order chi connectivity index (χ0) is 18.4. The molecule has 0 spiro atoms. The molecule has 1 amide bonds. The van der Waals surface area contributed by atoms with Crippen LogP contribution in [0.4, 0.5) is 5.69 Å². The minimum absolute atomic E-state index is 0.340. The number of nitrogens with one attached hydrogen (secondary N) is 1. The summed E-state index contributed by atoms with van der Waals surface area (Å²) in [6, 6.07) is 16.3. The fourth-order valence-corrected chi connectivity index (χ4v) is 3.02. The molecular formula is C18H21N3O3S. The molecule has 0 aromatic heterocycles. The topological polar surface area (TPSA) is 78.8 Å². The predicted molar refractivity (Wildman–Crippen MR) is 100 cm³/mol. The van der Waals surface area contributed by atoms with Crippen LogP contribution in [0.25, 0.3) is 0 Å². The molecule has 0 radical (unpaired) electrons. The molecule has 6 nitrogen and oxygen atoms in total. The lowest BCUT2D eigenvalue weighted by atomic mass is 10.1. The number of hydrogen-bond acceptors (Lipinski definition) is 4. The molecule has 0 heterocycles. The Labute approximate surface area is 148 Å². The van der Waals surface area contributed by atoms with Crippen LogP contribution in [0.5, 0.6) is 0 Å². The zero-order valence-corrected chi connectivity index (χ0v) is 15.2. The quantitative estimate of drug-likeness (QED) is 0.635. The van der Waals surface area contributed by atoms with Crippen LogP contribution >= 0.6 is 0 Å². The second-order valence-electron chi connectivity index (χ2n) is 5.70. The van der Waals surface area contributed by atoms with Gasteiger partial charge in [-0.1, -0.05) is 48.0 Å². The van der Waals surface area contributed by atoms with Gasteiger partial charge in [0.15, 0.2) is 0 Å². The van der Waals surface area contributed by atoms with Gasteiger partial charge in [0.2, 0.25) is 10.0 Å². The number of hydrazone groups is 1. The van der Waals surface area contributed by atoms with Crippen molar-refractivity contribution in [2.45, 2.75) is 13.8 Å². The number of carbonyl (C=O) groups is 1. The second kappa shape index (κ2) is 7.94. The van der Waals surface area contributed by atoms with Crippen molar-refractivity contribution in [1.82, 2.24) is 5.43 Å². The largest absolute Gasteiger partial charge is 0.271 e. The van der Waals surface area contributed by atoms with Gasteiger partial charge in [0.05, 0.1) is 17.7 Å². The molecule has 2 aromatic rings. The van der Waals surface area contributed by atoms with E-state index >= 15 is 0 Å². The van der Waals surface area contributed by atoms with E-state index in [0.717, 1.165) is 21.7 Å². The van der Waals surface area contributed by atoms with E-state index in [4.69, 9.17) is 0 Å². The Bertz CT molecular complexity index is 860. The van der Waals surface area contributed by atoms with Crippen LogP contribution in [0.15, 0.2) is 59.7 Å². The average Bonchev–Trinajstić information content (AvgIpc) is 2.58. The molecule has 7 heteroatoms. The number of benzene rings is 2. The van der Waals surface area contributed by atoms with Crippen molar-refractivity contribution in [2.24, 2.45) is 5.10 Å². The van der Waals surface area contributed by atoms with Gasteiger partial charge in [-0.25, -0.2) is 13.8 Å². The van der Waals surface area contributed by atoms with Crippen molar-refractivity contribution in [2.75, 3.05) is 17.1 Å². The molecule has 2 rings (SSSR count). The third kappa shape index (κ3) is 5.42. The minimum Gasteiger partial charge on any atom is -0.271 e. The molecule has 0 atom stereocenters. The molecule has 0 saturated carbocycles. The average molecular weight is 359 g/mol. The molecule has 0 unspecified atom stereocenters. The summed E-state index contributed by atoms with van der Waals surface area (Å²) in [5.41, 5.74) is 5.36. The van der Waals surface area contributed by atoms with Gasteiger partial charge in [-0.3, -0.25) is 9.10 Å². The first kappa shape index (κ1) is 18.7. The summed E-state index contributed by atoms with van der Waals surface area (Å²) in [4.78, 5) is 12.2. The van der Waals surface area contributed by atoms with Crippen molar-refractivity contribution in [3.63, 3.8) is 0 Å². The number of carbonyl (C=O) groups excluding carboxylic acids is 1. The van der Waals surface area contributed by atoms with E-state index < -0.39 is 15.9 Å². The molecule has 0 fully saturated rings. The van der Waals surface area contributed by atoms with Gasteiger partial charge >= 0.3 is 0 Å². The van der Waals surface area contributed by atoms with E-state index in [0.29, 0.717) is 11.4 Å². The number of aryl methyl sites for hydroxylation is 1. The van der Waals surface area contributed by atoms with Crippen molar-refractivity contribution in [3.05, 3.63) is 65.7 Å². The molecule has 1 N–H and O–H groups in total. The Morgan fingerprint density at radius 2 is 1.68 bits per heavy atom. The third-order valence-electron chi connectivity index (χ3n) is 3.55. The molecule has 0 aliphatic heterocycles. The lowest BCUT2D eigenvalue weighted by molar-refractivity contribution is -0.119. The van der Waals surface area contributed by atoms with Gasteiger partial charge < -0.3 is 0 Å². The number of rotatable bonds is 6. The SMILES string of the molecule is C/C(=N/NC(=O)CN(c1ccc(C)cc1)S(C)(=O)=O)c1ccccc1. The zero-order valence-electron chi connectivity index (χ0n) is 14.4. The maximum Gasteiger partial charge on any atom is 0.260 e. The fraction of sp³-hybridized carbons (Fsp3) is 0.222. The highest BCUT2D eigenvalue weighted by Gasteiger charge is 2.20. The molecular weight excluding hydrogens is 338 g/mol. The van der Waals surface area contributed by atoms with Crippen LogP contribution < -0.4 is 9.73 Å². The first-order chi connectivity index (χ1) is 11.8. The summed E-state index contributed by atoms with van der Waals surface area (Å²) in [5.74, 6) is -0.513.